The molecular weight excluding hydrogens is 257 g/mol. The number of esters is 1. The van der Waals surface area contributed by atoms with Gasteiger partial charge < -0.3 is 4.74 Å². The number of hydrogen-bond donors (Lipinski definition) is 0. The van der Waals surface area contributed by atoms with Crippen molar-refractivity contribution < 1.29 is 14.5 Å². The van der Waals surface area contributed by atoms with Gasteiger partial charge in [-0.3, -0.25) is 10.1 Å². The van der Waals surface area contributed by atoms with Crippen molar-refractivity contribution in [3.63, 3.8) is 0 Å². The van der Waals surface area contributed by atoms with Gasteiger partial charge in [-0.2, -0.15) is 0 Å². The third-order valence-corrected chi connectivity index (χ3v) is 2.75. The zero-order valence-electron chi connectivity index (χ0n) is 9.70. The third kappa shape index (κ3) is 3.12. The summed E-state index contributed by atoms with van der Waals surface area (Å²) in [6.07, 6.45) is 0. The number of methoxy groups -OCH3 is 1. The van der Waals surface area contributed by atoms with Crippen molar-refractivity contribution in [2.75, 3.05) is 7.11 Å². The van der Waals surface area contributed by atoms with Gasteiger partial charge in [0.1, 0.15) is 0 Å². The predicted octanol–water partition coefficient (Wildman–Crippen LogP) is 1.68. The fourth-order valence-corrected chi connectivity index (χ4v) is 1.93. The fraction of sp³-hybridized carbons (Fsp3) is 0.154. The van der Waals surface area contributed by atoms with Crippen LogP contribution in [0, 0.1) is 10.1 Å². The number of nitro groups is 1. The summed E-state index contributed by atoms with van der Waals surface area (Å²) in [5.74, 6) is -0.864. The standard InChI is InChI=1S/C13H11NO4.Na.H/c1-18-13(15)12(14(16)17)11-8-4-6-9-5-2-3-7-10(9)11;;/h2-8,12H,1H3;;. The zero-order chi connectivity index (χ0) is 13.1. The minimum absolute atomic E-state index is 0. The number of ether oxygens (including phenoxy) is 1. The Labute approximate surface area is 132 Å². The molecule has 0 N–H and O–H groups in total. The number of carbonyl (C=O) groups excluding carboxylic acids is 1. The molecule has 2 rings (SSSR count). The quantitative estimate of drug-likeness (QED) is 0.368. The van der Waals surface area contributed by atoms with Crippen LogP contribution in [-0.2, 0) is 9.53 Å². The SMILES string of the molecule is COC(=O)C(c1cccc2ccccc12)[N+](=O)[O-].[NaH]. The Morgan fingerprint density at radius 1 is 1.21 bits per heavy atom. The molecule has 0 aromatic heterocycles. The number of hydrogen-bond acceptors (Lipinski definition) is 4. The van der Waals surface area contributed by atoms with Gasteiger partial charge in [0.15, 0.2) is 0 Å². The molecule has 0 aliphatic rings. The summed E-state index contributed by atoms with van der Waals surface area (Å²) in [6.45, 7) is 0. The van der Waals surface area contributed by atoms with Gasteiger partial charge in [0.05, 0.1) is 7.11 Å². The Balaban J connectivity index is 0.00000180. The molecule has 1 unspecified atom stereocenters. The Kier molecular flexibility index (Phi) is 5.47. The van der Waals surface area contributed by atoms with E-state index < -0.39 is 16.9 Å². The van der Waals surface area contributed by atoms with Gasteiger partial charge in [-0.25, -0.2) is 4.79 Å². The van der Waals surface area contributed by atoms with Crippen LogP contribution in [0.1, 0.15) is 11.6 Å². The van der Waals surface area contributed by atoms with Crippen molar-refractivity contribution in [2.24, 2.45) is 0 Å². The Bertz CT molecular complexity index is 609. The topological polar surface area (TPSA) is 69.4 Å². The first-order chi connectivity index (χ1) is 8.65. The van der Waals surface area contributed by atoms with Crippen molar-refractivity contribution in [1.82, 2.24) is 0 Å². The molecule has 0 saturated heterocycles. The predicted molar refractivity (Wildman–Crippen MR) is 72.8 cm³/mol. The molecule has 2 aromatic rings. The van der Waals surface area contributed by atoms with Gasteiger partial charge >= 0.3 is 41.6 Å². The van der Waals surface area contributed by atoms with E-state index in [0.29, 0.717) is 10.9 Å². The third-order valence-electron chi connectivity index (χ3n) is 2.75. The van der Waals surface area contributed by atoms with Crippen molar-refractivity contribution in [3.8, 4) is 0 Å². The monoisotopic (exact) mass is 269 g/mol. The Morgan fingerprint density at radius 2 is 1.84 bits per heavy atom. The molecule has 0 aliphatic carbocycles. The van der Waals surface area contributed by atoms with Crippen molar-refractivity contribution in [3.05, 3.63) is 58.1 Å². The van der Waals surface area contributed by atoms with Gasteiger partial charge in [-0.1, -0.05) is 42.5 Å². The molecule has 0 radical (unpaired) electrons. The maximum atomic E-state index is 11.5. The second kappa shape index (κ2) is 6.65. The Morgan fingerprint density at radius 3 is 2.47 bits per heavy atom. The summed E-state index contributed by atoms with van der Waals surface area (Å²) < 4.78 is 4.50. The minimum atomic E-state index is -1.49. The van der Waals surface area contributed by atoms with E-state index >= 15 is 0 Å². The van der Waals surface area contributed by atoms with Crippen LogP contribution in [0.2, 0.25) is 0 Å². The van der Waals surface area contributed by atoms with E-state index in [1.54, 1.807) is 24.3 Å². The number of carbonyl (C=O) groups is 1. The van der Waals surface area contributed by atoms with E-state index in [0.717, 1.165) is 12.5 Å². The molecule has 0 fully saturated rings. The van der Waals surface area contributed by atoms with Gasteiger partial charge in [0, 0.05) is 10.5 Å². The molecule has 0 spiro atoms. The average Bonchev–Trinajstić information content (AvgIpc) is 2.38. The molecule has 0 aliphatic heterocycles. The van der Waals surface area contributed by atoms with E-state index in [1.807, 2.05) is 18.2 Å². The van der Waals surface area contributed by atoms with Gasteiger partial charge in [-0.15, -0.1) is 0 Å². The first-order valence-electron chi connectivity index (χ1n) is 5.34. The first-order valence-corrected chi connectivity index (χ1v) is 5.34. The van der Waals surface area contributed by atoms with Crippen LogP contribution in [0.4, 0.5) is 0 Å². The molecule has 0 amide bonds. The van der Waals surface area contributed by atoms with E-state index in [1.165, 1.54) is 0 Å². The Hall–Kier alpha value is -1.43. The summed E-state index contributed by atoms with van der Waals surface area (Å²) in [5, 5.41) is 12.6. The van der Waals surface area contributed by atoms with Crippen LogP contribution < -0.4 is 0 Å². The second-order valence-electron chi connectivity index (χ2n) is 3.78. The molecule has 0 saturated carbocycles. The summed E-state index contributed by atoms with van der Waals surface area (Å²) in [7, 11) is 1.14. The molecule has 6 heteroatoms. The van der Waals surface area contributed by atoms with Gasteiger partial charge in [0.25, 0.3) is 0 Å². The second-order valence-corrected chi connectivity index (χ2v) is 3.78. The van der Waals surface area contributed by atoms with Gasteiger partial charge in [-0.05, 0) is 10.8 Å². The van der Waals surface area contributed by atoms with Crippen molar-refractivity contribution >= 4 is 46.3 Å². The van der Waals surface area contributed by atoms with E-state index in [-0.39, 0.29) is 29.6 Å². The fourth-order valence-electron chi connectivity index (χ4n) is 1.93. The normalized spacial score (nSPS) is 11.4. The number of rotatable bonds is 3. The van der Waals surface area contributed by atoms with Gasteiger partial charge in [0.2, 0.25) is 0 Å². The first kappa shape index (κ1) is 15.6. The molecule has 2 aromatic carbocycles. The summed E-state index contributed by atoms with van der Waals surface area (Å²) in [6, 6.07) is 10.8. The van der Waals surface area contributed by atoms with Crippen molar-refractivity contribution in [1.29, 1.82) is 0 Å². The molecule has 1 atom stereocenters. The number of nitrogens with zero attached hydrogens (tertiary/aromatic N) is 1. The van der Waals surface area contributed by atoms with E-state index in [9.17, 15) is 14.9 Å². The number of benzene rings is 2. The number of fused-ring (bicyclic) bond motifs is 1. The zero-order valence-corrected chi connectivity index (χ0v) is 9.70. The van der Waals surface area contributed by atoms with Crippen LogP contribution in [0.25, 0.3) is 10.8 Å². The van der Waals surface area contributed by atoms with Crippen LogP contribution in [0.15, 0.2) is 42.5 Å². The average molecular weight is 269 g/mol. The van der Waals surface area contributed by atoms with Crippen LogP contribution in [-0.4, -0.2) is 47.6 Å². The molecule has 19 heavy (non-hydrogen) atoms. The summed E-state index contributed by atoms with van der Waals surface area (Å²) in [5.41, 5.74) is 0.352. The van der Waals surface area contributed by atoms with E-state index in [2.05, 4.69) is 4.74 Å². The maximum absolute atomic E-state index is 11.5. The molecule has 0 heterocycles. The molecule has 5 nitrogen and oxygen atoms in total. The van der Waals surface area contributed by atoms with Crippen LogP contribution in [0.5, 0.6) is 0 Å². The van der Waals surface area contributed by atoms with E-state index in [4.69, 9.17) is 0 Å². The summed E-state index contributed by atoms with van der Waals surface area (Å²) >= 11 is 0. The molecule has 94 valence electrons. The molecule has 0 bridgehead atoms. The van der Waals surface area contributed by atoms with Crippen molar-refractivity contribution in [2.45, 2.75) is 6.04 Å². The van der Waals surface area contributed by atoms with Crippen LogP contribution >= 0.6 is 0 Å². The summed E-state index contributed by atoms with van der Waals surface area (Å²) in [4.78, 5) is 22.0. The van der Waals surface area contributed by atoms with Crippen LogP contribution in [0.3, 0.4) is 0 Å². The molecular formula is C13H12NNaO4.